The van der Waals surface area contributed by atoms with Gasteiger partial charge in [0.2, 0.25) is 0 Å². The van der Waals surface area contributed by atoms with Crippen LogP contribution in [0.3, 0.4) is 0 Å². The lowest BCUT2D eigenvalue weighted by atomic mass is 10.1. The van der Waals surface area contributed by atoms with Crippen LogP contribution in [0.1, 0.15) is 23.3 Å². The van der Waals surface area contributed by atoms with E-state index in [1.165, 1.54) is 23.3 Å². The Balaban J connectivity index is 1.60. The van der Waals surface area contributed by atoms with Gasteiger partial charge in [0.25, 0.3) is 0 Å². The molecular formula is C12H19NOS. The highest BCUT2D eigenvalue weighted by Gasteiger charge is 2.14. The molecule has 0 aliphatic carbocycles. The molecule has 1 aliphatic rings. The molecule has 2 nitrogen and oxygen atoms in total. The van der Waals surface area contributed by atoms with E-state index in [9.17, 15) is 0 Å². The molecule has 1 saturated heterocycles. The third-order valence-corrected chi connectivity index (χ3v) is 4.03. The number of rotatable bonds is 5. The lowest BCUT2D eigenvalue weighted by molar-refractivity contribution is 0.184. The zero-order valence-corrected chi connectivity index (χ0v) is 10.1. The average molecular weight is 225 g/mol. The summed E-state index contributed by atoms with van der Waals surface area (Å²) in [5.41, 5.74) is 1.41. The van der Waals surface area contributed by atoms with Crippen molar-refractivity contribution < 1.29 is 4.74 Å². The Hall–Kier alpha value is -0.380. The van der Waals surface area contributed by atoms with Crippen LogP contribution in [0.5, 0.6) is 0 Å². The number of thiophene rings is 1. The van der Waals surface area contributed by atoms with Gasteiger partial charge in [0.1, 0.15) is 0 Å². The van der Waals surface area contributed by atoms with Crippen molar-refractivity contribution in [3.05, 3.63) is 21.9 Å². The summed E-state index contributed by atoms with van der Waals surface area (Å²) in [6.07, 6.45) is 2.50. The molecule has 1 aromatic heterocycles. The maximum absolute atomic E-state index is 5.35. The van der Waals surface area contributed by atoms with Crippen molar-refractivity contribution in [2.24, 2.45) is 5.92 Å². The Morgan fingerprint density at radius 1 is 1.60 bits per heavy atom. The Morgan fingerprint density at radius 2 is 2.53 bits per heavy atom. The van der Waals surface area contributed by atoms with Crippen LogP contribution in [-0.4, -0.2) is 19.8 Å². The topological polar surface area (TPSA) is 21.3 Å². The summed E-state index contributed by atoms with van der Waals surface area (Å²) in [6.45, 7) is 6.26. The molecule has 3 heteroatoms. The second-order valence-electron chi connectivity index (χ2n) is 4.22. The second kappa shape index (κ2) is 5.64. The van der Waals surface area contributed by atoms with Crippen molar-refractivity contribution in [2.75, 3.05) is 19.8 Å². The number of nitrogens with one attached hydrogen (secondary N) is 1. The fourth-order valence-corrected chi connectivity index (χ4v) is 2.78. The minimum absolute atomic E-state index is 0.793. The molecule has 0 radical (unpaired) electrons. The maximum atomic E-state index is 5.35. The van der Waals surface area contributed by atoms with Crippen molar-refractivity contribution in [3.8, 4) is 0 Å². The summed E-state index contributed by atoms with van der Waals surface area (Å²) in [5, 5.41) is 5.67. The zero-order valence-electron chi connectivity index (χ0n) is 9.29. The van der Waals surface area contributed by atoms with Crippen LogP contribution in [0.15, 0.2) is 11.4 Å². The van der Waals surface area contributed by atoms with E-state index in [1.54, 1.807) is 0 Å². The largest absolute Gasteiger partial charge is 0.381 e. The third-order valence-electron chi connectivity index (χ3n) is 3.01. The summed E-state index contributed by atoms with van der Waals surface area (Å²) >= 11 is 1.85. The molecule has 1 aromatic rings. The van der Waals surface area contributed by atoms with Crippen LogP contribution in [0.25, 0.3) is 0 Å². The minimum atomic E-state index is 0.793. The lowest BCUT2D eigenvalue weighted by Gasteiger charge is -2.08. The molecule has 1 atom stereocenters. The number of hydrogen-bond donors (Lipinski definition) is 1. The van der Waals surface area contributed by atoms with Crippen LogP contribution in [0.2, 0.25) is 0 Å². The minimum Gasteiger partial charge on any atom is -0.381 e. The quantitative estimate of drug-likeness (QED) is 0.778. The SMILES string of the molecule is Cc1ccsc1CNCCC1CCOC1. The molecule has 0 aromatic carbocycles. The van der Waals surface area contributed by atoms with Crippen LogP contribution >= 0.6 is 11.3 Å². The van der Waals surface area contributed by atoms with Gasteiger partial charge in [-0.25, -0.2) is 0 Å². The van der Waals surface area contributed by atoms with Crippen molar-refractivity contribution in [3.63, 3.8) is 0 Å². The molecule has 84 valence electrons. The van der Waals surface area contributed by atoms with Gasteiger partial charge in [-0.1, -0.05) is 0 Å². The first-order valence-corrected chi connectivity index (χ1v) is 6.55. The van der Waals surface area contributed by atoms with Gasteiger partial charge < -0.3 is 10.1 Å². The molecule has 0 spiro atoms. The van der Waals surface area contributed by atoms with E-state index < -0.39 is 0 Å². The van der Waals surface area contributed by atoms with E-state index in [0.717, 1.165) is 32.2 Å². The third kappa shape index (κ3) is 3.30. The van der Waals surface area contributed by atoms with Gasteiger partial charge in [-0.05, 0) is 49.2 Å². The molecule has 2 rings (SSSR count). The highest BCUT2D eigenvalue weighted by atomic mass is 32.1. The Bertz CT molecular complexity index is 292. The second-order valence-corrected chi connectivity index (χ2v) is 5.22. The molecule has 1 aliphatic heterocycles. The van der Waals surface area contributed by atoms with Crippen LogP contribution in [0.4, 0.5) is 0 Å². The Morgan fingerprint density at radius 3 is 3.20 bits per heavy atom. The first kappa shape index (κ1) is 11.1. The molecule has 1 unspecified atom stereocenters. The number of ether oxygens (including phenoxy) is 1. The molecular weight excluding hydrogens is 206 g/mol. The zero-order chi connectivity index (χ0) is 10.5. The molecule has 0 bridgehead atoms. The van der Waals surface area contributed by atoms with E-state index in [2.05, 4.69) is 23.7 Å². The molecule has 1 N–H and O–H groups in total. The maximum Gasteiger partial charge on any atom is 0.0495 e. The van der Waals surface area contributed by atoms with Crippen molar-refractivity contribution in [1.82, 2.24) is 5.32 Å². The first-order chi connectivity index (χ1) is 7.36. The average Bonchev–Trinajstić information content (AvgIpc) is 2.85. The normalized spacial score (nSPS) is 21.0. The van der Waals surface area contributed by atoms with Gasteiger partial charge in [0.15, 0.2) is 0 Å². The Labute approximate surface area is 95.6 Å². The first-order valence-electron chi connectivity index (χ1n) is 5.67. The molecule has 0 amide bonds. The van der Waals surface area contributed by atoms with Crippen molar-refractivity contribution in [1.29, 1.82) is 0 Å². The fraction of sp³-hybridized carbons (Fsp3) is 0.667. The molecule has 15 heavy (non-hydrogen) atoms. The summed E-state index contributed by atoms with van der Waals surface area (Å²) in [7, 11) is 0. The summed E-state index contributed by atoms with van der Waals surface area (Å²) < 4.78 is 5.35. The summed E-state index contributed by atoms with van der Waals surface area (Å²) in [6, 6.07) is 2.19. The van der Waals surface area contributed by atoms with Crippen molar-refractivity contribution >= 4 is 11.3 Å². The van der Waals surface area contributed by atoms with Gasteiger partial charge in [-0.3, -0.25) is 0 Å². The molecule has 0 saturated carbocycles. The molecule has 2 heterocycles. The predicted molar refractivity (Wildman–Crippen MR) is 64.3 cm³/mol. The highest BCUT2D eigenvalue weighted by molar-refractivity contribution is 7.10. The monoisotopic (exact) mass is 225 g/mol. The van der Waals surface area contributed by atoms with Crippen LogP contribution in [0, 0.1) is 12.8 Å². The van der Waals surface area contributed by atoms with Gasteiger partial charge in [-0.15, -0.1) is 11.3 Å². The fourth-order valence-electron chi connectivity index (χ4n) is 1.90. The highest BCUT2D eigenvalue weighted by Crippen LogP contribution is 2.17. The Kier molecular flexibility index (Phi) is 4.18. The van der Waals surface area contributed by atoms with Gasteiger partial charge in [0, 0.05) is 24.6 Å². The number of aryl methyl sites for hydroxylation is 1. The molecule has 1 fully saturated rings. The standard InChI is InChI=1S/C12H19NOS/c1-10-4-7-15-12(10)8-13-5-2-11-3-6-14-9-11/h4,7,11,13H,2-3,5-6,8-9H2,1H3. The van der Waals surface area contributed by atoms with E-state index in [4.69, 9.17) is 4.74 Å². The van der Waals surface area contributed by atoms with Gasteiger partial charge in [0.05, 0.1) is 0 Å². The van der Waals surface area contributed by atoms with Gasteiger partial charge in [-0.2, -0.15) is 0 Å². The van der Waals surface area contributed by atoms with Gasteiger partial charge >= 0.3 is 0 Å². The van der Waals surface area contributed by atoms with E-state index in [0.29, 0.717) is 0 Å². The van der Waals surface area contributed by atoms with Crippen molar-refractivity contribution in [2.45, 2.75) is 26.3 Å². The smallest absolute Gasteiger partial charge is 0.0495 e. The van der Waals surface area contributed by atoms with Crippen LogP contribution in [-0.2, 0) is 11.3 Å². The van der Waals surface area contributed by atoms with E-state index in [1.807, 2.05) is 11.3 Å². The van der Waals surface area contributed by atoms with Crippen LogP contribution < -0.4 is 5.32 Å². The lowest BCUT2D eigenvalue weighted by Crippen LogP contribution is -2.17. The van der Waals surface area contributed by atoms with E-state index >= 15 is 0 Å². The van der Waals surface area contributed by atoms with E-state index in [-0.39, 0.29) is 0 Å². The summed E-state index contributed by atoms with van der Waals surface area (Å²) in [4.78, 5) is 1.47. The summed E-state index contributed by atoms with van der Waals surface area (Å²) in [5.74, 6) is 0.793. The number of hydrogen-bond acceptors (Lipinski definition) is 3. The predicted octanol–water partition coefficient (Wildman–Crippen LogP) is 2.57.